The van der Waals surface area contributed by atoms with Crippen LogP contribution in [0.15, 0.2) is 36.0 Å². The number of carbonyl (C=O) groups is 2. The summed E-state index contributed by atoms with van der Waals surface area (Å²) in [6, 6.07) is 7.43. The average molecular weight is 330 g/mol. The van der Waals surface area contributed by atoms with Gasteiger partial charge in [-0.25, -0.2) is 0 Å². The number of rotatable bonds is 6. The van der Waals surface area contributed by atoms with Crippen LogP contribution in [0.25, 0.3) is 0 Å². The minimum absolute atomic E-state index is 0.000429. The third-order valence-corrected chi connectivity index (χ3v) is 4.34. The molecule has 1 heterocycles. The van der Waals surface area contributed by atoms with Crippen LogP contribution in [0.5, 0.6) is 5.75 Å². The molecule has 0 aromatic heterocycles. The Labute approximate surface area is 141 Å². The number of aliphatic hydroxyl groups excluding tert-OH is 1. The number of anilines is 1. The molecular weight excluding hydrogens is 308 g/mol. The summed E-state index contributed by atoms with van der Waals surface area (Å²) in [6.07, 6.45) is 7.14. The van der Waals surface area contributed by atoms with Crippen molar-refractivity contribution in [2.24, 2.45) is 0 Å². The molecular formula is C18H22N2O4. The molecule has 2 N–H and O–H groups in total. The van der Waals surface area contributed by atoms with Crippen LogP contribution in [-0.4, -0.2) is 41.1 Å². The lowest BCUT2D eigenvalue weighted by Gasteiger charge is -2.24. The number of nitrogens with zero attached hydrogens (tertiary/aromatic N) is 1. The van der Waals surface area contributed by atoms with Gasteiger partial charge >= 0.3 is 0 Å². The number of benzene rings is 1. The van der Waals surface area contributed by atoms with E-state index in [1.54, 1.807) is 0 Å². The Kier molecular flexibility index (Phi) is 5.15. The first-order valence-electron chi connectivity index (χ1n) is 8.40. The minimum atomic E-state index is -0.429. The molecule has 24 heavy (non-hydrogen) atoms. The van der Waals surface area contributed by atoms with Gasteiger partial charge in [-0.15, -0.1) is 0 Å². The number of nitrogens with one attached hydrogen (secondary N) is 1. The fourth-order valence-electron chi connectivity index (χ4n) is 3.09. The smallest absolute Gasteiger partial charge is 0.277 e. The van der Waals surface area contributed by atoms with E-state index in [4.69, 9.17) is 9.84 Å². The zero-order valence-electron chi connectivity index (χ0n) is 13.5. The highest BCUT2D eigenvalue weighted by Crippen LogP contribution is 2.30. The molecule has 0 spiro atoms. The van der Waals surface area contributed by atoms with Gasteiger partial charge in [-0.1, -0.05) is 18.6 Å². The normalized spacial score (nSPS) is 18.7. The summed E-state index contributed by atoms with van der Waals surface area (Å²) in [5, 5.41) is 12.0. The number of carbonyl (C=O) groups excluding carboxylic acids is 2. The maximum Gasteiger partial charge on any atom is 0.277 e. The number of hydrogen-bond donors (Lipinski definition) is 2. The molecule has 3 rings (SSSR count). The topological polar surface area (TPSA) is 78.9 Å². The standard InChI is InChI=1S/C18H22N2O4/c21-11-10-20-17(22)12-15(18(20)23)19-14-8-4-5-9-16(14)24-13-6-2-1-3-7-13/h4-5,8-9,12-13,19,21H,1-3,6-7,10-11H2. The Morgan fingerprint density at radius 3 is 2.67 bits per heavy atom. The molecule has 0 atom stereocenters. The van der Waals surface area contributed by atoms with Crippen molar-refractivity contribution in [2.45, 2.75) is 38.2 Å². The molecule has 6 nitrogen and oxygen atoms in total. The molecule has 1 saturated carbocycles. The van der Waals surface area contributed by atoms with Gasteiger partial charge < -0.3 is 15.2 Å². The lowest BCUT2D eigenvalue weighted by Crippen LogP contribution is -2.34. The SMILES string of the molecule is O=C1C=C(Nc2ccccc2OC2CCCCC2)C(=O)N1CCO. The Morgan fingerprint density at radius 2 is 1.92 bits per heavy atom. The number of hydrogen-bond acceptors (Lipinski definition) is 5. The van der Waals surface area contributed by atoms with Crippen molar-refractivity contribution in [1.29, 1.82) is 0 Å². The third-order valence-electron chi connectivity index (χ3n) is 4.34. The maximum absolute atomic E-state index is 12.2. The van der Waals surface area contributed by atoms with Gasteiger partial charge in [0.05, 0.1) is 24.9 Å². The average Bonchev–Trinajstić information content (AvgIpc) is 2.85. The van der Waals surface area contributed by atoms with Crippen molar-refractivity contribution in [1.82, 2.24) is 4.90 Å². The Hall–Kier alpha value is -2.34. The third kappa shape index (κ3) is 3.59. The number of β-amino-alcohol motifs (C(OH)–C–C–N with tert-alkyl or cyclic N) is 1. The van der Waals surface area contributed by atoms with E-state index >= 15 is 0 Å². The van der Waals surface area contributed by atoms with Crippen LogP contribution in [0, 0.1) is 0 Å². The molecule has 1 aliphatic heterocycles. The summed E-state index contributed by atoms with van der Waals surface area (Å²) in [6.45, 7) is -0.250. The first-order valence-corrected chi connectivity index (χ1v) is 8.40. The highest BCUT2D eigenvalue weighted by Gasteiger charge is 2.31. The molecule has 1 aliphatic carbocycles. The van der Waals surface area contributed by atoms with Gasteiger partial charge in [-0.3, -0.25) is 14.5 Å². The van der Waals surface area contributed by atoms with E-state index in [-0.39, 0.29) is 25.0 Å². The van der Waals surface area contributed by atoms with Crippen LogP contribution in [0.1, 0.15) is 32.1 Å². The lowest BCUT2D eigenvalue weighted by molar-refractivity contribution is -0.137. The van der Waals surface area contributed by atoms with Gasteiger partial charge in [-0.05, 0) is 37.8 Å². The first-order chi connectivity index (χ1) is 11.7. The van der Waals surface area contributed by atoms with Gasteiger partial charge in [0, 0.05) is 6.08 Å². The minimum Gasteiger partial charge on any atom is -0.488 e. The van der Waals surface area contributed by atoms with E-state index in [0.29, 0.717) is 11.4 Å². The quantitative estimate of drug-likeness (QED) is 0.781. The van der Waals surface area contributed by atoms with Crippen molar-refractivity contribution in [3.8, 4) is 5.75 Å². The van der Waals surface area contributed by atoms with Gasteiger partial charge in [0.15, 0.2) is 0 Å². The predicted octanol–water partition coefficient (Wildman–Crippen LogP) is 2.06. The fraction of sp³-hybridized carbons (Fsp3) is 0.444. The van der Waals surface area contributed by atoms with E-state index < -0.39 is 11.8 Å². The molecule has 128 valence electrons. The monoisotopic (exact) mass is 330 g/mol. The number of ether oxygens (including phenoxy) is 1. The van der Waals surface area contributed by atoms with Crippen LogP contribution in [0.2, 0.25) is 0 Å². The van der Waals surface area contributed by atoms with E-state index in [2.05, 4.69) is 5.32 Å². The van der Waals surface area contributed by atoms with Crippen LogP contribution >= 0.6 is 0 Å². The second-order valence-corrected chi connectivity index (χ2v) is 6.08. The van der Waals surface area contributed by atoms with Crippen LogP contribution in [-0.2, 0) is 9.59 Å². The first kappa shape index (κ1) is 16.5. The highest BCUT2D eigenvalue weighted by atomic mass is 16.5. The summed E-state index contributed by atoms with van der Waals surface area (Å²) < 4.78 is 6.09. The van der Waals surface area contributed by atoms with Crippen LogP contribution < -0.4 is 10.1 Å². The zero-order chi connectivity index (χ0) is 16.9. The number of amides is 2. The molecule has 2 aliphatic rings. The van der Waals surface area contributed by atoms with E-state index in [9.17, 15) is 9.59 Å². The van der Waals surface area contributed by atoms with E-state index in [0.717, 1.165) is 17.7 Å². The van der Waals surface area contributed by atoms with Gasteiger partial charge in [0.25, 0.3) is 11.8 Å². The molecule has 0 saturated heterocycles. The summed E-state index contributed by atoms with van der Waals surface area (Å²) in [7, 11) is 0. The Bertz CT molecular complexity index is 650. The summed E-state index contributed by atoms with van der Waals surface area (Å²) in [5.41, 5.74) is 0.870. The molecule has 1 aromatic carbocycles. The second kappa shape index (κ2) is 7.49. The van der Waals surface area contributed by atoms with E-state index in [1.807, 2.05) is 24.3 Å². The number of para-hydroxylation sites is 2. The molecule has 6 heteroatoms. The Balaban J connectivity index is 1.72. The Morgan fingerprint density at radius 1 is 1.17 bits per heavy atom. The molecule has 0 unspecified atom stereocenters. The fourth-order valence-corrected chi connectivity index (χ4v) is 3.09. The van der Waals surface area contributed by atoms with Crippen molar-refractivity contribution < 1.29 is 19.4 Å². The highest BCUT2D eigenvalue weighted by molar-refractivity contribution is 6.17. The van der Waals surface area contributed by atoms with Crippen molar-refractivity contribution in [3.63, 3.8) is 0 Å². The van der Waals surface area contributed by atoms with Crippen molar-refractivity contribution >= 4 is 17.5 Å². The number of aliphatic hydroxyl groups is 1. The molecule has 1 fully saturated rings. The van der Waals surface area contributed by atoms with Gasteiger partial charge in [0.1, 0.15) is 11.4 Å². The summed E-state index contributed by atoms with van der Waals surface area (Å²) >= 11 is 0. The predicted molar refractivity (Wildman–Crippen MR) is 89.5 cm³/mol. The van der Waals surface area contributed by atoms with Crippen molar-refractivity contribution in [2.75, 3.05) is 18.5 Å². The molecule has 2 amide bonds. The second-order valence-electron chi connectivity index (χ2n) is 6.08. The summed E-state index contributed by atoms with van der Waals surface area (Å²) in [4.78, 5) is 25.1. The van der Waals surface area contributed by atoms with E-state index in [1.165, 1.54) is 25.3 Å². The van der Waals surface area contributed by atoms with Crippen molar-refractivity contribution in [3.05, 3.63) is 36.0 Å². The number of imide groups is 1. The largest absolute Gasteiger partial charge is 0.488 e. The maximum atomic E-state index is 12.2. The zero-order valence-corrected chi connectivity index (χ0v) is 13.5. The van der Waals surface area contributed by atoms with Gasteiger partial charge in [0.2, 0.25) is 0 Å². The van der Waals surface area contributed by atoms with Crippen LogP contribution in [0.4, 0.5) is 5.69 Å². The molecule has 1 aromatic rings. The molecule has 0 radical (unpaired) electrons. The lowest BCUT2D eigenvalue weighted by atomic mass is 9.98. The molecule has 0 bridgehead atoms. The van der Waals surface area contributed by atoms with Gasteiger partial charge in [-0.2, -0.15) is 0 Å². The summed E-state index contributed by atoms with van der Waals surface area (Å²) in [5.74, 6) is -0.157. The van der Waals surface area contributed by atoms with Crippen LogP contribution in [0.3, 0.4) is 0 Å².